The zero-order chi connectivity index (χ0) is 27.8. The third-order valence-electron chi connectivity index (χ3n) is 7.21. The van der Waals surface area contributed by atoms with E-state index in [-0.39, 0.29) is 6.42 Å². The predicted octanol–water partition coefficient (Wildman–Crippen LogP) is 4.12. The number of nitrogens with one attached hydrogen (secondary N) is 2. The molecule has 0 fully saturated rings. The van der Waals surface area contributed by atoms with Gasteiger partial charge in [-0.05, 0) is 78.3 Å². The predicted molar refractivity (Wildman–Crippen MR) is 150 cm³/mol. The van der Waals surface area contributed by atoms with Crippen LogP contribution in [0.15, 0.2) is 66.7 Å². The maximum atomic E-state index is 12.6. The quantitative estimate of drug-likeness (QED) is 0.297. The van der Waals surface area contributed by atoms with E-state index in [4.69, 9.17) is 10.8 Å². The van der Waals surface area contributed by atoms with Gasteiger partial charge < -0.3 is 26.6 Å². The topological polar surface area (TPSA) is 142 Å². The number of carboxylic acid groups (broad SMARTS) is 2. The van der Waals surface area contributed by atoms with Gasteiger partial charge in [0, 0.05) is 12.1 Å². The lowest BCUT2D eigenvalue weighted by atomic mass is 9.99. The fourth-order valence-electron chi connectivity index (χ4n) is 5.28. The second-order valence-electron chi connectivity index (χ2n) is 10.0. The molecular weight excluding hydrogens is 494 g/mol. The first-order valence-electron chi connectivity index (χ1n) is 13.3. The third kappa shape index (κ3) is 7.45. The van der Waals surface area contributed by atoms with Crippen molar-refractivity contribution in [2.75, 3.05) is 5.32 Å². The number of nitrogens with two attached hydrogens (primary N) is 1. The first-order chi connectivity index (χ1) is 18.8. The number of hydrogen-bond acceptors (Lipinski definition) is 4. The Kier molecular flexibility index (Phi) is 9.33. The van der Waals surface area contributed by atoms with Crippen LogP contribution in [0.4, 0.5) is 10.5 Å². The molecule has 204 valence electrons. The second-order valence-corrected chi connectivity index (χ2v) is 10.0. The van der Waals surface area contributed by atoms with Gasteiger partial charge in [-0.15, -0.1) is 0 Å². The molecular formula is C31H35N3O5. The first-order valence-corrected chi connectivity index (χ1v) is 13.3. The van der Waals surface area contributed by atoms with Crippen molar-refractivity contribution in [2.24, 2.45) is 5.73 Å². The third-order valence-corrected chi connectivity index (χ3v) is 7.21. The van der Waals surface area contributed by atoms with Gasteiger partial charge in [-0.3, -0.25) is 4.79 Å². The van der Waals surface area contributed by atoms with Crippen molar-refractivity contribution < 1.29 is 24.6 Å². The number of carbonyl (C=O) groups excluding carboxylic acids is 1. The van der Waals surface area contributed by atoms with Crippen molar-refractivity contribution >= 4 is 23.7 Å². The molecule has 8 heteroatoms. The Labute approximate surface area is 228 Å². The number of aryl methyl sites for hydroxylation is 2. The van der Waals surface area contributed by atoms with Gasteiger partial charge in [0.25, 0.3) is 0 Å². The minimum Gasteiger partial charge on any atom is -0.480 e. The lowest BCUT2D eigenvalue weighted by Crippen LogP contribution is -2.44. The van der Waals surface area contributed by atoms with Gasteiger partial charge in [-0.25, -0.2) is 9.59 Å². The maximum absolute atomic E-state index is 12.6. The number of carboxylic acids is 2. The molecule has 0 unspecified atom stereocenters. The van der Waals surface area contributed by atoms with Gasteiger partial charge in [0.2, 0.25) is 0 Å². The van der Waals surface area contributed by atoms with Crippen LogP contribution in [0.3, 0.4) is 0 Å². The van der Waals surface area contributed by atoms with E-state index in [2.05, 4.69) is 16.7 Å². The first kappa shape index (κ1) is 27.9. The molecule has 0 heterocycles. The van der Waals surface area contributed by atoms with Crippen LogP contribution >= 0.6 is 0 Å². The fourth-order valence-corrected chi connectivity index (χ4v) is 5.28. The van der Waals surface area contributed by atoms with Crippen molar-refractivity contribution in [3.05, 3.63) is 100 Å². The molecule has 2 atom stereocenters. The van der Waals surface area contributed by atoms with E-state index in [0.717, 1.165) is 55.3 Å². The van der Waals surface area contributed by atoms with Crippen LogP contribution < -0.4 is 16.4 Å². The number of hydrogen-bond donors (Lipinski definition) is 5. The summed E-state index contributed by atoms with van der Waals surface area (Å²) < 4.78 is 0. The zero-order valence-corrected chi connectivity index (χ0v) is 21.9. The van der Waals surface area contributed by atoms with Crippen molar-refractivity contribution in [1.82, 2.24) is 5.32 Å². The van der Waals surface area contributed by atoms with Gasteiger partial charge in [-0.2, -0.15) is 0 Å². The highest BCUT2D eigenvalue weighted by atomic mass is 16.4. The summed E-state index contributed by atoms with van der Waals surface area (Å²) in [6, 6.07) is 18.8. The summed E-state index contributed by atoms with van der Waals surface area (Å²) in [5.74, 6) is -1.99. The zero-order valence-electron chi connectivity index (χ0n) is 21.9. The van der Waals surface area contributed by atoms with Gasteiger partial charge in [0.1, 0.15) is 12.1 Å². The van der Waals surface area contributed by atoms with Crippen LogP contribution in [0.1, 0.15) is 46.2 Å². The van der Waals surface area contributed by atoms with E-state index in [9.17, 15) is 19.5 Å². The number of amides is 2. The summed E-state index contributed by atoms with van der Waals surface area (Å²) >= 11 is 0. The van der Waals surface area contributed by atoms with Crippen LogP contribution in [0, 0.1) is 0 Å². The summed E-state index contributed by atoms with van der Waals surface area (Å²) in [5, 5.41) is 23.7. The number of carbonyl (C=O) groups is 3. The van der Waals surface area contributed by atoms with Gasteiger partial charge in [0.05, 0.1) is 0 Å². The number of rotatable bonds is 8. The van der Waals surface area contributed by atoms with E-state index in [0.29, 0.717) is 6.42 Å². The molecule has 39 heavy (non-hydrogen) atoms. The van der Waals surface area contributed by atoms with Crippen molar-refractivity contribution in [3.8, 4) is 0 Å². The highest BCUT2D eigenvalue weighted by Crippen LogP contribution is 2.38. The number of benzene rings is 3. The van der Waals surface area contributed by atoms with E-state index in [1.165, 1.54) is 22.3 Å². The van der Waals surface area contributed by atoms with Gasteiger partial charge >= 0.3 is 18.0 Å². The lowest BCUT2D eigenvalue weighted by molar-refractivity contribution is -0.139. The van der Waals surface area contributed by atoms with Crippen LogP contribution in [0.2, 0.25) is 0 Å². The number of urea groups is 1. The van der Waals surface area contributed by atoms with E-state index in [1.54, 1.807) is 0 Å². The molecule has 0 bridgehead atoms. The smallest absolute Gasteiger partial charge is 0.326 e. The highest BCUT2D eigenvalue weighted by molar-refractivity contribution is 5.94. The number of anilines is 1. The Morgan fingerprint density at radius 3 is 1.74 bits per heavy atom. The van der Waals surface area contributed by atoms with E-state index >= 15 is 0 Å². The van der Waals surface area contributed by atoms with Crippen LogP contribution in [0.5, 0.6) is 0 Å². The fraction of sp³-hybridized carbons (Fsp3) is 0.323. The monoisotopic (exact) mass is 529 g/mol. The Morgan fingerprint density at radius 1 is 0.744 bits per heavy atom. The standard InChI is InChI=1S/C22H24N2O3.C9H11NO2/c25-21(26)19(12-14-6-2-1-3-7-14)23-22(27)24-20-17-10-4-8-15(17)13-16-9-5-11-18(16)20;10-8(9(11)12)6-7-4-2-1-3-5-7/h1-3,6-7,13,19H,4-5,8-12H2,(H,25,26)(H2,23,24,27);1-5,8H,6,10H2,(H,11,12)/t19-;8-/m00/s1. The Bertz CT molecular complexity index is 1280. The number of aliphatic carboxylic acids is 2. The Balaban J connectivity index is 0.000000247. The molecule has 2 amide bonds. The van der Waals surface area contributed by atoms with Crippen LogP contribution in [0.25, 0.3) is 0 Å². The Morgan fingerprint density at radius 2 is 1.26 bits per heavy atom. The normalized spacial score (nSPS) is 14.7. The average molecular weight is 530 g/mol. The van der Waals surface area contributed by atoms with Crippen molar-refractivity contribution in [1.29, 1.82) is 0 Å². The molecule has 2 aliphatic carbocycles. The molecule has 0 saturated heterocycles. The molecule has 0 aromatic heterocycles. The Hall–Kier alpha value is -4.17. The van der Waals surface area contributed by atoms with E-state index < -0.39 is 30.1 Å². The average Bonchev–Trinajstić information content (AvgIpc) is 3.59. The molecule has 0 aliphatic heterocycles. The maximum Gasteiger partial charge on any atom is 0.326 e. The molecule has 2 aliphatic rings. The minimum absolute atomic E-state index is 0.259. The van der Waals surface area contributed by atoms with Crippen LogP contribution in [-0.4, -0.2) is 40.3 Å². The summed E-state index contributed by atoms with van der Waals surface area (Å²) in [6.45, 7) is 0. The molecule has 0 saturated carbocycles. The summed E-state index contributed by atoms with van der Waals surface area (Å²) in [6.07, 6.45) is 6.94. The largest absolute Gasteiger partial charge is 0.480 e. The molecule has 0 radical (unpaired) electrons. The molecule has 0 spiro atoms. The molecule has 5 rings (SSSR count). The lowest BCUT2D eigenvalue weighted by Gasteiger charge is -2.19. The molecule has 3 aromatic rings. The summed E-state index contributed by atoms with van der Waals surface area (Å²) in [4.78, 5) is 34.6. The SMILES string of the molecule is N[C@@H](Cc1ccccc1)C(=O)O.O=C(Nc1c2c(cc3c1CCC3)CCC2)N[C@@H](Cc1ccccc1)C(=O)O. The minimum atomic E-state index is -1.03. The summed E-state index contributed by atoms with van der Waals surface area (Å²) in [7, 11) is 0. The second kappa shape index (κ2) is 13.1. The number of fused-ring (bicyclic) bond motifs is 2. The van der Waals surface area contributed by atoms with Crippen LogP contribution in [-0.2, 0) is 48.1 Å². The highest BCUT2D eigenvalue weighted by Gasteiger charge is 2.26. The van der Waals surface area contributed by atoms with Crippen molar-refractivity contribution in [2.45, 2.75) is 63.5 Å². The molecule has 8 nitrogen and oxygen atoms in total. The van der Waals surface area contributed by atoms with Gasteiger partial charge in [0.15, 0.2) is 0 Å². The molecule has 3 aromatic carbocycles. The van der Waals surface area contributed by atoms with E-state index in [1.807, 2.05) is 60.7 Å². The summed E-state index contributed by atoms with van der Waals surface area (Å²) in [5.41, 5.74) is 13.3. The van der Waals surface area contributed by atoms with Gasteiger partial charge in [-0.1, -0.05) is 66.7 Å². The molecule has 6 N–H and O–H groups in total. The van der Waals surface area contributed by atoms with Crippen molar-refractivity contribution in [3.63, 3.8) is 0 Å².